The van der Waals surface area contributed by atoms with Crippen molar-refractivity contribution in [3.05, 3.63) is 129 Å². The third kappa shape index (κ3) is 14.8. The predicted molar refractivity (Wildman–Crippen MR) is 354 cm³/mol. The number of halogens is 3. The van der Waals surface area contributed by atoms with Crippen LogP contribution < -0.4 is 25.5 Å². The molecule has 4 amide bonds. The van der Waals surface area contributed by atoms with E-state index in [1.165, 1.54) is 47.6 Å². The van der Waals surface area contributed by atoms with Crippen LogP contribution >= 0.6 is 23.4 Å². The first-order valence-corrected chi connectivity index (χ1v) is 32.5. The van der Waals surface area contributed by atoms with Crippen molar-refractivity contribution in [3.63, 3.8) is 0 Å². The summed E-state index contributed by atoms with van der Waals surface area (Å²) < 4.78 is 68.4. The fourth-order valence-electron chi connectivity index (χ4n) is 12.6. The number of aromatic hydroxyl groups is 1. The average molecular weight is 1350 g/mol. The Hall–Kier alpha value is -8.46. The number of carbonyl (C=O) groups excluding carboxylic acids is 6. The van der Waals surface area contributed by atoms with E-state index in [4.69, 9.17) is 40.0 Å². The number of ether oxygens (including phenoxy) is 6. The van der Waals surface area contributed by atoms with Crippen molar-refractivity contribution in [2.45, 2.75) is 142 Å². The van der Waals surface area contributed by atoms with Crippen molar-refractivity contribution in [2.24, 2.45) is 5.92 Å². The largest absolute Gasteiger partial charge is 0.507 e. The van der Waals surface area contributed by atoms with E-state index in [1.807, 2.05) is 52.8 Å². The zero-order valence-corrected chi connectivity index (χ0v) is 57.0. The summed E-state index contributed by atoms with van der Waals surface area (Å²) in [6, 6.07) is 8.15. The number of phenolic OH excluding ortho intramolecular Hbond substituents is 1. The topological polar surface area (TPSA) is 267 Å². The van der Waals surface area contributed by atoms with E-state index in [9.17, 15) is 38.7 Å². The summed E-state index contributed by atoms with van der Waals surface area (Å²) in [5.74, 6) is -5.26. The van der Waals surface area contributed by atoms with Gasteiger partial charge < -0.3 is 58.4 Å². The van der Waals surface area contributed by atoms with E-state index in [0.29, 0.717) is 53.0 Å². The minimum absolute atomic E-state index is 0.0547. The Balaban J connectivity index is 0.826. The summed E-state index contributed by atoms with van der Waals surface area (Å²) in [5.41, 5.74) is -0.541. The maximum atomic E-state index is 16.4. The molecule has 3 fully saturated rings. The summed E-state index contributed by atoms with van der Waals surface area (Å²) in [4.78, 5) is 116. The number of thioether (sulfide) groups is 1. The van der Waals surface area contributed by atoms with Crippen molar-refractivity contribution in [1.82, 2.24) is 34.6 Å². The second kappa shape index (κ2) is 28.9. The highest BCUT2D eigenvalue weighted by atomic mass is 35.5. The van der Waals surface area contributed by atoms with Crippen molar-refractivity contribution in [3.8, 4) is 28.4 Å². The van der Waals surface area contributed by atoms with Crippen LogP contribution in [0.1, 0.15) is 97.4 Å². The molecule has 7 heterocycles. The molecular weight excluding hydrogens is 1270 g/mol. The van der Waals surface area contributed by atoms with Gasteiger partial charge in [0.15, 0.2) is 11.5 Å². The molecule has 27 heteroatoms. The Labute approximate surface area is 558 Å². The number of alkyl carbamates (subject to hydrolysis) is 1. The molecule has 508 valence electrons. The summed E-state index contributed by atoms with van der Waals surface area (Å²) in [5, 5.41) is 13.1. The fraction of sp³-hybridized carbons (Fsp3) is 0.471. The van der Waals surface area contributed by atoms with E-state index < -0.39 is 130 Å². The van der Waals surface area contributed by atoms with Gasteiger partial charge in [-0.05, 0) is 113 Å². The van der Waals surface area contributed by atoms with Gasteiger partial charge in [-0.1, -0.05) is 68.8 Å². The molecule has 2 aromatic carbocycles. The molecular formula is C68H80ClF2N9O14S. The maximum Gasteiger partial charge on any atom is 0.407 e. The lowest BCUT2D eigenvalue weighted by molar-refractivity contribution is -0.162. The number of hydrogen-bond acceptors (Lipinski definition) is 19. The number of aromatic nitrogens is 4. The van der Waals surface area contributed by atoms with Gasteiger partial charge in [0, 0.05) is 83.2 Å². The average Bonchev–Trinajstić information content (AvgIpc) is 1.71. The number of nitrogens with zero attached hydrogens (tertiary/aromatic N) is 8. The molecule has 4 aliphatic heterocycles. The third-order valence-electron chi connectivity index (χ3n) is 18.2. The summed E-state index contributed by atoms with van der Waals surface area (Å²) in [6.45, 7) is 19.8. The highest BCUT2D eigenvalue weighted by molar-refractivity contribution is 8.13. The van der Waals surface area contributed by atoms with Gasteiger partial charge in [0.25, 0.3) is 5.91 Å². The molecule has 0 radical (unpaired) electrons. The number of carbonyl (C=O) groups is 6. The number of phenols is 1. The Morgan fingerprint density at radius 3 is 2.44 bits per heavy atom. The number of benzene rings is 2. The number of anilines is 2. The number of allylic oxidation sites excluding steroid dienone is 3. The molecule has 0 saturated carbocycles. The lowest BCUT2D eigenvalue weighted by atomic mass is 9.80. The standard InChI is InChI=1S/C68H80ClF2N9O14S/c1-35(2)56-58(37(4)21-23-72-56)80-61-43(30-45(71)57(73-61)54-44(70)18-16-19-47(54)81)60(74-64(80)86)79-25-24-78(33-39(79)6)62(84)38(5)34-91-66(88)95-26-22-52(82)76(11)41(8)63(85)93-51-31-53(83)77(12)46-28-42(29-48(89-13)55(46)69)27-36(3)17-15-20-50(90-14)67(9)32-49(92-65(87)75-67)40(7)59-68(51,10)94-59/h15-21,23,28-30,35,39-41,49-51,59,81H,5,22,24-27,31-34H2,1-4,6-14H3,(H,75,87)/b20-15+,36-17+/t39-,40+,41-,49-,50+,51-,59-,67+,68-/m0/s1. The van der Waals surface area contributed by atoms with Gasteiger partial charge in [0.1, 0.15) is 64.3 Å². The Bertz CT molecular complexity index is 3980. The SMILES string of the molecule is C=C(COC(=O)SCCC(=O)N(C)[C@@H](C)C(=O)O[C@H]1CC(=O)N(C)c2cc(cc(OC)c2Cl)C/C(C)=C/C=C/[C@@H](OC)[C@@]2(C)C[C@H](OC(=O)N2)[C@@H](C)[C@@H]2O[C@@]12C)C(=O)N1CCN(c2nc(=O)n(-c3c(C)ccnc3C(C)C)c3nc(-c4c(O)cccc4F)c(F)cc23)[C@@H](C)C1. The van der Waals surface area contributed by atoms with Crippen LogP contribution in [0.2, 0.25) is 5.02 Å². The van der Waals surface area contributed by atoms with Crippen LogP contribution in [0.4, 0.5) is 29.9 Å². The van der Waals surface area contributed by atoms with E-state index in [0.717, 1.165) is 28.2 Å². The molecule has 3 aromatic heterocycles. The lowest BCUT2D eigenvalue weighted by Crippen LogP contribution is -2.61. The first-order valence-electron chi connectivity index (χ1n) is 31.1. The van der Waals surface area contributed by atoms with Crippen LogP contribution in [0.5, 0.6) is 11.5 Å². The number of nitrogens with one attached hydrogen (secondary N) is 1. The van der Waals surface area contributed by atoms with Crippen LogP contribution in [0, 0.1) is 24.5 Å². The number of epoxide rings is 1. The quantitative estimate of drug-likeness (QED) is 0.0427. The minimum Gasteiger partial charge on any atom is -0.507 e. The normalized spacial score (nSPS) is 24.3. The second-order valence-corrected chi connectivity index (χ2v) is 26.7. The predicted octanol–water partition coefficient (Wildman–Crippen LogP) is 9.71. The van der Waals surface area contributed by atoms with E-state index in [-0.39, 0.29) is 71.6 Å². The Kier molecular flexibility index (Phi) is 21.5. The van der Waals surface area contributed by atoms with Crippen molar-refractivity contribution in [2.75, 3.05) is 70.1 Å². The highest BCUT2D eigenvalue weighted by Gasteiger charge is 2.64. The molecule has 0 spiro atoms. The van der Waals surface area contributed by atoms with Crippen LogP contribution in [0.25, 0.3) is 28.0 Å². The van der Waals surface area contributed by atoms with Gasteiger partial charge in [-0.2, -0.15) is 4.98 Å². The maximum absolute atomic E-state index is 16.4. The molecule has 0 unspecified atom stereocenters. The van der Waals surface area contributed by atoms with Gasteiger partial charge in [0.2, 0.25) is 11.8 Å². The zero-order valence-electron chi connectivity index (χ0n) is 55.4. The number of aryl methyl sites for hydroxylation is 1. The van der Waals surface area contributed by atoms with Gasteiger partial charge in [-0.25, -0.2) is 37.5 Å². The highest BCUT2D eigenvalue weighted by Crippen LogP contribution is 2.50. The number of hydrogen-bond donors (Lipinski definition) is 2. The van der Waals surface area contributed by atoms with Crippen LogP contribution in [0.3, 0.4) is 0 Å². The molecule has 3 saturated heterocycles. The first kappa shape index (κ1) is 70.8. The first-order chi connectivity index (χ1) is 44.9. The number of pyridine rings is 2. The van der Waals surface area contributed by atoms with E-state index in [1.54, 1.807) is 64.2 Å². The van der Waals surface area contributed by atoms with Crippen molar-refractivity contribution >= 4 is 81.0 Å². The Morgan fingerprint density at radius 2 is 1.76 bits per heavy atom. The number of amides is 4. The third-order valence-corrected chi connectivity index (χ3v) is 19.3. The molecule has 0 aliphatic carbocycles. The van der Waals surface area contributed by atoms with Gasteiger partial charge in [-0.15, -0.1) is 0 Å². The lowest BCUT2D eigenvalue weighted by Gasteiger charge is -2.43. The molecule has 4 aliphatic rings. The number of esters is 1. The summed E-state index contributed by atoms with van der Waals surface area (Å²) >= 11 is 7.54. The molecule has 95 heavy (non-hydrogen) atoms. The number of rotatable bonds is 15. The Morgan fingerprint density at radius 1 is 1.02 bits per heavy atom. The van der Waals surface area contributed by atoms with Crippen molar-refractivity contribution in [1.29, 1.82) is 0 Å². The number of likely N-dealkylation sites (N-methyl/N-ethyl adjacent to an activating group) is 1. The molecule has 2 N–H and O–H groups in total. The number of methoxy groups -OCH3 is 2. The monoisotopic (exact) mass is 1350 g/mol. The second-order valence-electron chi connectivity index (χ2n) is 25.3. The van der Waals surface area contributed by atoms with Crippen molar-refractivity contribution < 1.29 is 71.1 Å². The molecule has 9 atom stereocenters. The van der Waals surface area contributed by atoms with Crippen LogP contribution in [-0.2, 0) is 49.3 Å². The van der Waals surface area contributed by atoms with Gasteiger partial charge >= 0.3 is 23.1 Å². The van der Waals surface area contributed by atoms with Crippen LogP contribution in [0.15, 0.2) is 89.4 Å². The van der Waals surface area contributed by atoms with Gasteiger partial charge in [0.05, 0.1) is 59.3 Å². The summed E-state index contributed by atoms with van der Waals surface area (Å²) in [6.07, 6.45) is 3.57. The molecule has 4 bridgehead atoms. The number of fused-ring (bicyclic) bond motifs is 6. The molecule has 9 rings (SSSR count). The summed E-state index contributed by atoms with van der Waals surface area (Å²) in [7, 11) is 5.98. The smallest absolute Gasteiger partial charge is 0.407 e. The zero-order chi connectivity index (χ0) is 69.3. The minimum atomic E-state index is -1.28. The molecule has 5 aromatic rings. The van der Waals surface area contributed by atoms with Gasteiger partial charge in [-0.3, -0.25) is 19.4 Å². The van der Waals surface area contributed by atoms with E-state index in [2.05, 4.69) is 26.8 Å². The molecule has 23 nitrogen and oxygen atoms in total. The van der Waals surface area contributed by atoms with E-state index >= 15 is 8.78 Å². The number of piperazine rings is 1. The fourth-order valence-corrected chi connectivity index (χ4v) is 13.5. The van der Waals surface area contributed by atoms with Crippen LogP contribution in [-0.4, -0.2) is 177 Å².